The molecule has 0 unspecified atom stereocenters. The Balaban J connectivity index is 1.73. The molecule has 0 spiro atoms. The van der Waals surface area contributed by atoms with Crippen molar-refractivity contribution < 1.29 is 14.3 Å². The first-order valence-corrected chi connectivity index (χ1v) is 8.81. The van der Waals surface area contributed by atoms with Crippen LogP contribution < -0.4 is 4.74 Å². The van der Waals surface area contributed by atoms with Gasteiger partial charge < -0.3 is 14.4 Å². The van der Waals surface area contributed by atoms with Crippen LogP contribution in [0.25, 0.3) is 0 Å². The third-order valence-corrected chi connectivity index (χ3v) is 4.69. The molecule has 1 aliphatic carbocycles. The van der Waals surface area contributed by atoms with Gasteiger partial charge in [0.2, 0.25) is 5.91 Å². The maximum atomic E-state index is 12.9. The maximum absolute atomic E-state index is 12.9. The van der Waals surface area contributed by atoms with Gasteiger partial charge in [-0.3, -0.25) is 4.79 Å². The number of ether oxygens (including phenoxy) is 2. The standard InChI is InChI=1S/C19H27NO3/c1-14(2)23-17-9-4-3-7-15(17)13-19(21)20-11-6-12-22-18-10-5-8-16(18)20/h3-4,7,9,14,16,18H,5-6,8,10-13H2,1-2H3/t16-,18-/m1/s1. The van der Waals surface area contributed by atoms with Gasteiger partial charge in [0, 0.05) is 18.7 Å². The Morgan fingerprint density at radius 3 is 2.96 bits per heavy atom. The van der Waals surface area contributed by atoms with Crippen molar-refractivity contribution in [3.63, 3.8) is 0 Å². The van der Waals surface area contributed by atoms with Crippen molar-refractivity contribution in [2.24, 2.45) is 0 Å². The van der Waals surface area contributed by atoms with Gasteiger partial charge in [0.05, 0.1) is 24.7 Å². The third kappa shape index (κ3) is 3.86. The highest BCUT2D eigenvalue weighted by Crippen LogP contribution is 2.30. The van der Waals surface area contributed by atoms with E-state index < -0.39 is 0 Å². The molecule has 0 aromatic heterocycles. The summed E-state index contributed by atoms with van der Waals surface area (Å²) in [5.74, 6) is 1.03. The van der Waals surface area contributed by atoms with Gasteiger partial charge in [-0.25, -0.2) is 0 Å². The first-order valence-electron chi connectivity index (χ1n) is 8.81. The van der Waals surface area contributed by atoms with Crippen LogP contribution in [-0.2, 0) is 16.0 Å². The minimum Gasteiger partial charge on any atom is -0.491 e. The Bertz CT molecular complexity index is 543. The molecule has 3 rings (SSSR count). The first-order chi connectivity index (χ1) is 11.1. The molecule has 1 amide bonds. The molecule has 1 saturated carbocycles. The van der Waals surface area contributed by atoms with Crippen LogP contribution in [0.5, 0.6) is 5.75 Å². The lowest BCUT2D eigenvalue weighted by Crippen LogP contribution is -2.44. The van der Waals surface area contributed by atoms with E-state index in [4.69, 9.17) is 9.47 Å². The Morgan fingerprint density at radius 1 is 1.30 bits per heavy atom. The SMILES string of the molecule is CC(C)Oc1ccccc1CC(=O)N1CCCO[C@@H]2CCC[C@H]21. The van der Waals surface area contributed by atoms with E-state index in [2.05, 4.69) is 4.90 Å². The van der Waals surface area contributed by atoms with E-state index in [1.165, 1.54) is 0 Å². The van der Waals surface area contributed by atoms with E-state index in [9.17, 15) is 4.79 Å². The number of amides is 1. The zero-order valence-electron chi connectivity index (χ0n) is 14.2. The number of para-hydroxylation sites is 1. The van der Waals surface area contributed by atoms with Gasteiger partial charge in [-0.05, 0) is 45.6 Å². The summed E-state index contributed by atoms with van der Waals surface area (Å²) in [7, 11) is 0. The molecule has 4 heteroatoms. The lowest BCUT2D eigenvalue weighted by molar-refractivity contribution is -0.134. The summed E-state index contributed by atoms with van der Waals surface area (Å²) < 4.78 is 11.8. The predicted octanol–water partition coefficient (Wildman–Crippen LogP) is 3.19. The highest BCUT2D eigenvalue weighted by atomic mass is 16.5. The minimum absolute atomic E-state index is 0.108. The molecule has 2 aliphatic rings. The number of rotatable bonds is 4. The maximum Gasteiger partial charge on any atom is 0.227 e. The Labute approximate surface area is 138 Å². The molecule has 1 aromatic rings. The lowest BCUT2D eigenvalue weighted by Gasteiger charge is -2.30. The van der Waals surface area contributed by atoms with Crippen molar-refractivity contribution in [1.29, 1.82) is 0 Å². The molecule has 4 nitrogen and oxygen atoms in total. The number of carbonyl (C=O) groups excluding carboxylic acids is 1. The van der Waals surface area contributed by atoms with Gasteiger partial charge in [0.1, 0.15) is 5.75 Å². The van der Waals surface area contributed by atoms with Crippen LogP contribution in [0.2, 0.25) is 0 Å². The van der Waals surface area contributed by atoms with E-state index in [0.717, 1.165) is 50.1 Å². The van der Waals surface area contributed by atoms with Crippen LogP contribution in [0.1, 0.15) is 45.1 Å². The fourth-order valence-corrected chi connectivity index (χ4v) is 3.69. The fourth-order valence-electron chi connectivity index (χ4n) is 3.69. The number of benzene rings is 1. The van der Waals surface area contributed by atoms with Gasteiger partial charge in [-0.2, -0.15) is 0 Å². The summed E-state index contributed by atoms with van der Waals surface area (Å²) in [5, 5.41) is 0. The average molecular weight is 317 g/mol. The Morgan fingerprint density at radius 2 is 2.13 bits per heavy atom. The van der Waals surface area contributed by atoms with Crippen molar-refractivity contribution in [2.45, 2.75) is 64.2 Å². The second kappa shape index (κ2) is 7.35. The number of hydrogen-bond acceptors (Lipinski definition) is 3. The number of hydrogen-bond donors (Lipinski definition) is 0. The first kappa shape index (κ1) is 16.3. The summed E-state index contributed by atoms with van der Waals surface area (Å²) in [6.45, 7) is 5.60. The smallest absolute Gasteiger partial charge is 0.227 e. The highest BCUT2D eigenvalue weighted by molar-refractivity contribution is 5.80. The van der Waals surface area contributed by atoms with Crippen molar-refractivity contribution in [2.75, 3.05) is 13.2 Å². The van der Waals surface area contributed by atoms with Crippen LogP contribution in [0.3, 0.4) is 0 Å². The van der Waals surface area contributed by atoms with Crippen LogP contribution in [0, 0.1) is 0 Å². The van der Waals surface area contributed by atoms with Gasteiger partial charge in [0.15, 0.2) is 0 Å². The average Bonchev–Trinajstić information content (AvgIpc) is 2.88. The molecule has 2 fully saturated rings. The number of fused-ring (bicyclic) bond motifs is 1. The summed E-state index contributed by atoms with van der Waals surface area (Å²) in [5.41, 5.74) is 0.978. The molecular weight excluding hydrogens is 290 g/mol. The number of nitrogens with zero attached hydrogens (tertiary/aromatic N) is 1. The second-order valence-corrected chi connectivity index (χ2v) is 6.80. The largest absolute Gasteiger partial charge is 0.491 e. The molecule has 1 aromatic carbocycles. The molecule has 0 bridgehead atoms. The molecule has 2 atom stereocenters. The van der Waals surface area contributed by atoms with Crippen LogP contribution >= 0.6 is 0 Å². The molecular formula is C19H27NO3. The normalized spacial score (nSPS) is 24.4. The summed E-state index contributed by atoms with van der Waals surface area (Å²) in [4.78, 5) is 15.0. The van der Waals surface area contributed by atoms with E-state index in [0.29, 0.717) is 6.42 Å². The van der Waals surface area contributed by atoms with E-state index in [1.54, 1.807) is 0 Å². The van der Waals surface area contributed by atoms with E-state index in [-0.39, 0.29) is 24.2 Å². The van der Waals surface area contributed by atoms with Crippen LogP contribution in [-0.4, -0.2) is 42.2 Å². The molecule has 0 radical (unpaired) electrons. The summed E-state index contributed by atoms with van der Waals surface area (Å²) >= 11 is 0. The Kier molecular flexibility index (Phi) is 5.21. The van der Waals surface area contributed by atoms with Gasteiger partial charge >= 0.3 is 0 Å². The quantitative estimate of drug-likeness (QED) is 0.856. The lowest BCUT2D eigenvalue weighted by atomic mass is 10.1. The summed E-state index contributed by atoms with van der Waals surface area (Å²) in [6.07, 6.45) is 5.00. The van der Waals surface area contributed by atoms with Crippen molar-refractivity contribution >= 4 is 5.91 Å². The van der Waals surface area contributed by atoms with Crippen molar-refractivity contribution in [3.05, 3.63) is 29.8 Å². The monoisotopic (exact) mass is 317 g/mol. The zero-order valence-corrected chi connectivity index (χ0v) is 14.2. The van der Waals surface area contributed by atoms with Crippen LogP contribution in [0.4, 0.5) is 0 Å². The summed E-state index contributed by atoms with van der Waals surface area (Å²) in [6, 6.07) is 8.14. The fraction of sp³-hybridized carbons (Fsp3) is 0.632. The molecule has 1 saturated heterocycles. The van der Waals surface area contributed by atoms with E-state index >= 15 is 0 Å². The topological polar surface area (TPSA) is 38.8 Å². The number of carbonyl (C=O) groups is 1. The molecule has 1 aliphatic heterocycles. The van der Waals surface area contributed by atoms with E-state index in [1.807, 2.05) is 38.1 Å². The predicted molar refractivity (Wildman–Crippen MR) is 89.6 cm³/mol. The van der Waals surface area contributed by atoms with Gasteiger partial charge in [-0.15, -0.1) is 0 Å². The highest BCUT2D eigenvalue weighted by Gasteiger charge is 2.36. The van der Waals surface area contributed by atoms with Gasteiger partial charge in [-0.1, -0.05) is 18.2 Å². The minimum atomic E-state index is 0.108. The van der Waals surface area contributed by atoms with Crippen LogP contribution in [0.15, 0.2) is 24.3 Å². The molecule has 1 heterocycles. The third-order valence-electron chi connectivity index (χ3n) is 4.69. The second-order valence-electron chi connectivity index (χ2n) is 6.80. The van der Waals surface area contributed by atoms with Crippen molar-refractivity contribution in [1.82, 2.24) is 4.90 Å². The zero-order chi connectivity index (χ0) is 16.2. The molecule has 23 heavy (non-hydrogen) atoms. The molecule has 0 N–H and O–H groups in total. The van der Waals surface area contributed by atoms with Crippen molar-refractivity contribution in [3.8, 4) is 5.75 Å². The van der Waals surface area contributed by atoms with Gasteiger partial charge in [0.25, 0.3) is 0 Å². The Hall–Kier alpha value is -1.55. The molecule has 126 valence electrons.